The van der Waals surface area contributed by atoms with Crippen LogP contribution in [0.3, 0.4) is 0 Å². The van der Waals surface area contributed by atoms with E-state index in [1.54, 1.807) is 0 Å². The molecule has 2 aromatic rings. The molecule has 126 valence electrons. The highest BCUT2D eigenvalue weighted by Crippen LogP contribution is 2.35. The molecule has 0 saturated heterocycles. The van der Waals surface area contributed by atoms with Crippen molar-refractivity contribution in [3.63, 3.8) is 0 Å². The van der Waals surface area contributed by atoms with Crippen molar-refractivity contribution in [3.8, 4) is 0 Å². The van der Waals surface area contributed by atoms with Crippen LogP contribution >= 0.6 is 0 Å². The van der Waals surface area contributed by atoms with Crippen LogP contribution in [-0.2, 0) is 12.8 Å². The van der Waals surface area contributed by atoms with Crippen molar-refractivity contribution in [1.82, 2.24) is 4.98 Å². The summed E-state index contributed by atoms with van der Waals surface area (Å²) in [5.41, 5.74) is 6.91. The lowest BCUT2D eigenvalue weighted by molar-refractivity contribution is 0.412. The fourth-order valence-electron chi connectivity index (χ4n) is 4.49. The number of benzene rings is 1. The zero-order valence-electron chi connectivity index (χ0n) is 14.7. The van der Waals surface area contributed by atoms with E-state index in [-0.39, 0.29) is 0 Å². The van der Waals surface area contributed by atoms with Crippen molar-refractivity contribution in [2.45, 2.75) is 70.3 Å². The van der Waals surface area contributed by atoms with Crippen LogP contribution in [0.5, 0.6) is 0 Å². The van der Waals surface area contributed by atoms with E-state index in [4.69, 9.17) is 4.98 Å². The molecule has 4 rings (SSSR count). The molecule has 2 aliphatic carbocycles. The third-order valence-electron chi connectivity index (χ3n) is 5.79. The summed E-state index contributed by atoms with van der Waals surface area (Å²) in [6, 6.07) is 13.9. The van der Waals surface area contributed by atoms with Gasteiger partial charge in [0.05, 0.1) is 0 Å². The molecule has 1 heterocycles. The molecule has 1 aromatic heterocycles. The summed E-state index contributed by atoms with van der Waals surface area (Å²) in [6.07, 6.45) is 10.1. The van der Waals surface area contributed by atoms with E-state index in [0.29, 0.717) is 6.04 Å². The van der Waals surface area contributed by atoms with Crippen molar-refractivity contribution in [3.05, 3.63) is 58.9 Å². The third kappa shape index (κ3) is 3.33. The summed E-state index contributed by atoms with van der Waals surface area (Å²) >= 11 is 0. The summed E-state index contributed by atoms with van der Waals surface area (Å²) in [5, 5.41) is 3.88. The smallest absolute Gasteiger partial charge is 0.0459 e. The second kappa shape index (κ2) is 6.96. The lowest BCUT2D eigenvalue weighted by Gasteiger charge is -2.31. The lowest BCUT2D eigenvalue weighted by Crippen LogP contribution is -2.26. The Morgan fingerprint density at radius 2 is 1.71 bits per heavy atom. The van der Waals surface area contributed by atoms with Crippen LogP contribution in [0.2, 0.25) is 0 Å². The van der Waals surface area contributed by atoms with Gasteiger partial charge in [0.25, 0.3) is 0 Å². The molecular formula is C22H28N2. The summed E-state index contributed by atoms with van der Waals surface area (Å²) in [6.45, 7) is 2.13. The number of hydrogen-bond donors (Lipinski definition) is 1. The van der Waals surface area contributed by atoms with Gasteiger partial charge in [0, 0.05) is 23.1 Å². The zero-order valence-corrected chi connectivity index (χ0v) is 14.7. The topological polar surface area (TPSA) is 24.9 Å². The first-order chi connectivity index (χ1) is 11.8. The van der Waals surface area contributed by atoms with E-state index in [0.717, 1.165) is 18.0 Å². The molecule has 0 atom stereocenters. The second-order valence-electron chi connectivity index (χ2n) is 7.55. The van der Waals surface area contributed by atoms with Gasteiger partial charge in [-0.05, 0) is 81.4 Å². The van der Waals surface area contributed by atoms with E-state index in [1.165, 1.54) is 67.5 Å². The molecule has 0 unspecified atom stereocenters. The predicted molar refractivity (Wildman–Crippen MR) is 101 cm³/mol. The number of fused-ring (bicyclic) bond motifs is 1. The Bertz CT molecular complexity index is 685. The molecule has 2 aliphatic rings. The van der Waals surface area contributed by atoms with E-state index >= 15 is 0 Å². The molecule has 0 bridgehead atoms. The minimum Gasteiger partial charge on any atom is -0.382 e. The van der Waals surface area contributed by atoms with Crippen LogP contribution in [0.1, 0.15) is 67.0 Å². The molecular weight excluding hydrogens is 292 g/mol. The van der Waals surface area contributed by atoms with Crippen molar-refractivity contribution in [2.75, 3.05) is 5.32 Å². The van der Waals surface area contributed by atoms with E-state index in [9.17, 15) is 0 Å². The quantitative estimate of drug-likeness (QED) is 0.818. The summed E-state index contributed by atoms with van der Waals surface area (Å²) in [5.74, 6) is 0.748. The minimum absolute atomic E-state index is 0.623. The number of hydrogen-bond acceptors (Lipinski definition) is 2. The number of aryl methyl sites for hydroxylation is 2. The van der Waals surface area contributed by atoms with Gasteiger partial charge in [0.15, 0.2) is 0 Å². The second-order valence-corrected chi connectivity index (χ2v) is 7.55. The highest BCUT2D eigenvalue weighted by molar-refractivity contribution is 5.55. The Kier molecular flexibility index (Phi) is 4.55. The molecule has 1 fully saturated rings. The molecule has 1 saturated carbocycles. The standard InChI is InChI=1S/C22H28N2/c1-16-15-22(20-9-5-6-10-21(20)23-16)24-19-13-11-18(12-14-19)17-7-3-2-4-8-17/h2-4,7-8,15,18-19H,5-6,9-14H2,1H3,(H,23,24). The molecule has 2 heteroatoms. The van der Waals surface area contributed by atoms with Gasteiger partial charge in [-0.15, -0.1) is 0 Å². The number of nitrogens with one attached hydrogen (secondary N) is 1. The Hall–Kier alpha value is -1.83. The SMILES string of the molecule is Cc1cc(NC2CCC(c3ccccc3)CC2)c2c(n1)CCCC2. The van der Waals surface area contributed by atoms with Crippen LogP contribution in [0.25, 0.3) is 0 Å². The molecule has 0 radical (unpaired) electrons. The molecule has 1 N–H and O–H groups in total. The molecule has 2 nitrogen and oxygen atoms in total. The van der Waals surface area contributed by atoms with E-state index in [1.807, 2.05) is 0 Å². The van der Waals surface area contributed by atoms with Crippen LogP contribution in [0.15, 0.2) is 36.4 Å². The predicted octanol–water partition coefficient (Wildman–Crippen LogP) is 5.41. The molecule has 24 heavy (non-hydrogen) atoms. The summed E-state index contributed by atoms with van der Waals surface area (Å²) in [4.78, 5) is 4.78. The van der Waals surface area contributed by atoms with Crippen LogP contribution in [-0.4, -0.2) is 11.0 Å². The highest BCUT2D eigenvalue weighted by atomic mass is 14.9. The van der Waals surface area contributed by atoms with E-state index < -0.39 is 0 Å². The Morgan fingerprint density at radius 3 is 2.50 bits per heavy atom. The first kappa shape index (κ1) is 15.7. The van der Waals surface area contributed by atoms with Crippen LogP contribution in [0, 0.1) is 6.92 Å². The van der Waals surface area contributed by atoms with Crippen LogP contribution < -0.4 is 5.32 Å². The zero-order chi connectivity index (χ0) is 16.4. The van der Waals surface area contributed by atoms with E-state index in [2.05, 4.69) is 48.6 Å². The third-order valence-corrected chi connectivity index (χ3v) is 5.79. The largest absolute Gasteiger partial charge is 0.382 e. The Labute approximate surface area is 145 Å². The summed E-state index contributed by atoms with van der Waals surface area (Å²) < 4.78 is 0. The molecule has 0 spiro atoms. The van der Waals surface area contributed by atoms with Gasteiger partial charge in [0.1, 0.15) is 0 Å². The molecule has 0 aliphatic heterocycles. The normalized spacial score (nSPS) is 23.5. The van der Waals surface area contributed by atoms with Gasteiger partial charge in [-0.1, -0.05) is 30.3 Å². The number of aromatic nitrogens is 1. The average Bonchev–Trinajstić information content (AvgIpc) is 2.63. The number of anilines is 1. The van der Waals surface area contributed by atoms with Crippen molar-refractivity contribution in [1.29, 1.82) is 0 Å². The van der Waals surface area contributed by atoms with Gasteiger partial charge in [-0.25, -0.2) is 0 Å². The first-order valence-electron chi connectivity index (χ1n) is 9.60. The van der Waals surface area contributed by atoms with Gasteiger partial charge in [0.2, 0.25) is 0 Å². The monoisotopic (exact) mass is 320 g/mol. The van der Waals surface area contributed by atoms with Crippen molar-refractivity contribution >= 4 is 5.69 Å². The fourth-order valence-corrected chi connectivity index (χ4v) is 4.49. The number of pyridine rings is 1. The maximum atomic E-state index is 4.78. The fraction of sp³-hybridized carbons (Fsp3) is 0.500. The number of nitrogens with zero attached hydrogens (tertiary/aromatic N) is 1. The van der Waals surface area contributed by atoms with Gasteiger partial charge in [-0.3, -0.25) is 4.98 Å². The highest BCUT2D eigenvalue weighted by Gasteiger charge is 2.24. The van der Waals surface area contributed by atoms with Crippen LogP contribution in [0.4, 0.5) is 5.69 Å². The maximum Gasteiger partial charge on any atom is 0.0459 e. The number of rotatable bonds is 3. The minimum atomic E-state index is 0.623. The van der Waals surface area contributed by atoms with Gasteiger partial charge >= 0.3 is 0 Å². The summed E-state index contributed by atoms with van der Waals surface area (Å²) in [7, 11) is 0. The van der Waals surface area contributed by atoms with Gasteiger partial charge in [-0.2, -0.15) is 0 Å². The Balaban J connectivity index is 1.43. The average molecular weight is 320 g/mol. The van der Waals surface area contributed by atoms with Crippen molar-refractivity contribution in [2.24, 2.45) is 0 Å². The maximum absolute atomic E-state index is 4.78. The first-order valence-corrected chi connectivity index (χ1v) is 9.60. The molecule has 0 amide bonds. The van der Waals surface area contributed by atoms with Gasteiger partial charge < -0.3 is 5.32 Å². The van der Waals surface area contributed by atoms with Crippen molar-refractivity contribution < 1.29 is 0 Å². The Morgan fingerprint density at radius 1 is 0.958 bits per heavy atom. The molecule has 1 aromatic carbocycles. The lowest BCUT2D eigenvalue weighted by atomic mass is 9.81.